The second kappa shape index (κ2) is 5.86. The molecule has 1 unspecified atom stereocenters. The highest BCUT2D eigenvalue weighted by molar-refractivity contribution is 5.84. The summed E-state index contributed by atoms with van der Waals surface area (Å²) in [6, 6.07) is 1.01. The van der Waals surface area contributed by atoms with E-state index in [1.165, 1.54) is 38.5 Å². The molecule has 22 heavy (non-hydrogen) atoms. The van der Waals surface area contributed by atoms with E-state index in [9.17, 15) is 9.59 Å². The Morgan fingerprint density at radius 1 is 0.773 bits per heavy atom. The van der Waals surface area contributed by atoms with Crippen molar-refractivity contribution in [2.75, 3.05) is 13.1 Å². The van der Waals surface area contributed by atoms with Gasteiger partial charge in [0.25, 0.3) is 0 Å². The standard InChI is InChI=1S/C18H28N2O2/c21-17(13-7-8-13)19-11-3-4-14(12-19)18(22)20(16-9-10-16)15-5-1-2-6-15/h13-16H,1-12H2. The van der Waals surface area contributed by atoms with Gasteiger partial charge < -0.3 is 9.80 Å². The third-order valence-corrected chi connectivity index (χ3v) is 5.92. The summed E-state index contributed by atoms with van der Waals surface area (Å²) in [5, 5.41) is 0. The summed E-state index contributed by atoms with van der Waals surface area (Å²) in [6.45, 7) is 1.55. The fraction of sp³-hybridized carbons (Fsp3) is 0.889. The smallest absolute Gasteiger partial charge is 0.227 e. The fourth-order valence-corrected chi connectivity index (χ4v) is 4.37. The summed E-state index contributed by atoms with van der Waals surface area (Å²) < 4.78 is 0. The molecule has 3 saturated carbocycles. The summed E-state index contributed by atoms with van der Waals surface area (Å²) >= 11 is 0. The highest BCUT2D eigenvalue weighted by atomic mass is 16.2. The van der Waals surface area contributed by atoms with Gasteiger partial charge in [0.05, 0.1) is 5.92 Å². The number of hydrogen-bond donors (Lipinski definition) is 0. The van der Waals surface area contributed by atoms with Gasteiger partial charge in [-0.05, 0) is 51.4 Å². The molecule has 1 heterocycles. The van der Waals surface area contributed by atoms with Crippen molar-refractivity contribution >= 4 is 11.8 Å². The van der Waals surface area contributed by atoms with Crippen LogP contribution in [0, 0.1) is 11.8 Å². The van der Waals surface area contributed by atoms with E-state index >= 15 is 0 Å². The predicted octanol–water partition coefficient (Wildman–Crippen LogP) is 2.57. The Balaban J connectivity index is 1.42. The van der Waals surface area contributed by atoms with Crippen molar-refractivity contribution in [2.45, 2.75) is 76.3 Å². The van der Waals surface area contributed by atoms with Crippen molar-refractivity contribution in [3.8, 4) is 0 Å². The largest absolute Gasteiger partial charge is 0.342 e. The Morgan fingerprint density at radius 3 is 2.09 bits per heavy atom. The third kappa shape index (κ3) is 2.89. The molecule has 0 radical (unpaired) electrons. The van der Waals surface area contributed by atoms with Gasteiger partial charge in [-0.1, -0.05) is 12.8 Å². The van der Waals surface area contributed by atoms with Gasteiger partial charge in [0.1, 0.15) is 0 Å². The van der Waals surface area contributed by atoms with Crippen LogP contribution in [0.3, 0.4) is 0 Å². The minimum Gasteiger partial charge on any atom is -0.342 e. The fourth-order valence-electron chi connectivity index (χ4n) is 4.37. The molecule has 1 aliphatic heterocycles. The molecule has 0 N–H and O–H groups in total. The maximum absolute atomic E-state index is 13.1. The molecule has 4 rings (SSSR count). The summed E-state index contributed by atoms with van der Waals surface area (Å²) in [6.07, 6.45) is 11.4. The molecule has 4 nitrogen and oxygen atoms in total. The van der Waals surface area contributed by atoms with Gasteiger partial charge in [0.2, 0.25) is 11.8 Å². The number of nitrogens with zero attached hydrogens (tertiary/aromatic N) is 2. The average molecular weight is 304 g/mol. The Kier molecular flexibility index (Phi) is 3.87. The quantitative estimate of drug-likeness (QED) is 0.801. The molecular weight excluding hydrogens is 276 g/mol. The zero-order valence-corrected chi connectivity index (χ0v) is 13.5. The minimum absolute atomic E-state index is 0.0673. The van der Waals surface area contributed by atoms with Crippen molar-refractivity contribution in [2.24, 2.45) is 11.8 Å². The van der Waals surface area contributed by atoms with E-state index in [2.05, 4.69) is 4.90 Å². The molecule has 1 saturated heterocycles. The van der Waals surface area contributed by atoms with Crippen LogP contribution in [-0.2, 0) is 9.59 Å². The predicted molar refractivity (Wildman–Crippen MR) is 84.2 cm³/mol. The molecule has 1 atom stereocenters. The second-order valence-electron chi connectivity index (χ2n) is 7.81. The molecule has 0 spiro atoms. The third-order valence-electron chi connectivity index (χ3n) is 5.92. The maximum atomic E-state index is 13.1. The van der Waals surface area contributed by atoms with Crippen molar-refractivity contribution in [1.29, 1.82) is 0 Å². The van der Waals surface area contributed by atoms with E-state index in [1.807, 2.05) is 4.90 Å². The van der Waals surface area contributed by atoms with Crippen LogP contribution in [0.25, 0.3) is 0 Å². The highest BCUT2D eigenvalue weighted by Gasteiger charge is 2.43. The number of hydrogen-bond acceptors (Lipinski definition) is 2. The molecule has 3 aliphatic carbocycles. The van der Waals surface area contributed by atoms with Crippen LogP contribution in [0.5, 0.6) is 0 Å². The average Bonchev–Trinajstić information content (AvgIpc) is 3.47. The lowest BCUT2D eigenvalue weighted by Crippen LogP contribution is -2.50. The summed E-state index contributed by atoms with van der Waals surface area (Å²) in [4.78, 5) is 29.7. The second-order valence-corrected chi connectivity index (χ2v) is 7.81. The van der Waals surface area contributed by atoms with Crippen LogP contribution in [0.15, 0.2) is 0 Å². The molecule has 4 aliphatic rings. The Morgan fingerprint density at radius 2 is 1.45 bits per heavy atom. The topological polar surface area (TPSA) is 40.6 Å². The van der Waals surface area contributed by atoms with Crippen molar-refractivity contribution in [3.63, 3.8) is 0 Å². The molecule has 0 aromatic carbocycles. The molecule has 0 aromatic rings. The number of likely N-dealkylation sites (tertiary alicyclic amines) is 1. The van der Waals surface area contributed by atoms with Gasteiger partial charge in [-0.3, -0.25) is 9.59 Å². The first-order valence-electron chi connectivity index (χ1n) is 9.35. The normalized spacial score (nSPS) is 29.6. The van der Waals surface area contributed by atoms with Crippen LogP contribution in [0.4, 0.5) is 0 Å². The van der Waals surface area contributed by atoms with Crippen molar-refractivity contribution < 1.29 is 9.59 Å². The Hall–Kier alpha value is -1.06. The Bertz CT molecular complexity index is 450. The number of carbonyl (C=O) groups excluding carboxylic acids is 2. The van der Waals surface area contributed by atoms with E-state index in [1.54, 1.807) is 0 Å². The molecule has 4 heteroatoms. The van der Waals surface area contributed by atoms with Gasteiger partial charge in [0, 0.05) is 31.1 Å². The zero-order chi connectivity index (χ0) is 15.1. The van der Waals surface area contributed by atoms with Crippen molar-refractivity contribution in [1.82, 2.24) is 9.80 Å². The lowest BCUT2D eigenvalue weighted by molar-refractivity contribution is -0.143. The van der Waals surface area contributed by atoms with E-state index in [0.717, 1.165) is 32.2 Å². The molecule has 0 aromatic heterocycles. The number of carbonyl (C=O) groups is 2. The van der Waals surface area contributed by atoms with Gasteiger partial charge in [-0.2, -0.15) is 0 Å². The van der Waals surface area contributed by atoms with Gasteiger partial charge in [-0.25, -0.2) is 0 Å². The molecule has 2 amide bonds. The molecule has 0 bridgehead atoms. The van der Waals surface area contributed by atoms with Crippen molar-refractivity contribution in [3.05, 3.63) is 0 Å². The monoisotopic (exact) mass is 304 g/mol. The first-order chi connectivity index (χ1) is 10.7. The lowest BCUT2D eigenvalue weighted by atomic mass is 9.95. The van der Waals surface area contributed by atoms with Crippen LogP contribution in [0.1, 0.15) is 64.2 Å². The minimum atomic E-state index is 0.0673. The first-order valence-corrected chi connectivity index (χ1v) is 9.35. The van der Waals surface area contributed by atoms with Gasteiger partial charge in [-0.15, -0.1) is 0 Å². The zero-order valence-electron chi connectivity index (χ0n) is 13.5. The molecule has 4 fully saturated rings. The van der Waals surface area contributed by atoms with E-state index in [-0.39, 0.29) is 11.8 Å². The number of amides is 2. The maximum Gasteiger partial charge on any atom is 0.227 e. The lowest BCUT2D eigenvalue weighted by Gasteiger charge is -2.37. The van der Waals surface area contributed by atoms with E-state index in [4.69, 9.17) is 0 Å². The highest BCUT2D eigenvalue weighted by Crippen LogP contribution is 2.37. The van der Waals surface area contributed by atoms with Crippen LogP contribution in [0.2, 0.25) is 0 Å². The van der Waals surface area contributed by atoms with E-state index < -0.39 is 0 Å². The first kappa shape index (κ1) is 14.5. The molecule has 122 valence electrons. The van der Waals surface area contributed by atoms with Gasteiger partial charge in [0.15, 0.2) is 0 Å². The van der Waals surface area contributed by atoms with Crippen LogP contribution < -0.4 is 0 Å². The number of rotatable bonds is 4. The summed E-state index contributed by atoms with van der Waals surface area (Å²) in [7, 11) is 0. The number of piperidine rings is 1. The summed E-state index contributed by atoms with van der Waals surface area (Å²) in [5.41, 5.74) is 0. The summed E-state index contributed by atoms with van der Waals surface area (Å²) in [5.74, 6) is 1.03. The molecular formula is C18H28N2O2. The van der Waals surface area contributed by atoms with Crippen LogP contribution >= 0.6 is 0 Å². The van der Waals surface area contributed by atoms with E-state index in [0.29, 0.717) is 30.4 Å². The Labute approximate surface area is 133 Å². The van der Waals surface area contributed by atoms with Crippen LogP contribution in [-0.4, -0.2) is 46.8 Å². The van der Waals surface area contributed by atoms with Gasteiger partial charge >= 0.3 is 0 Å². The SMILES string of the molecule is O=C(C1CC1)N1CCCC(C(=O)N(C2CCCC2)C2CC2)C1.